The molecule has 0 atom stereocenters. The zero-order valence-electron chi connectivity index (χ0n) is 13.4. The molecule has 0 saturated heterocycles. The summed E-state index contributed by atoms with van der Waals surface area (Å²) >= 11 is 0. The summed E-state index contributed by atoms with van der Waals surface area (Å²) in [7, 11) is 0. The summed E-state index contributed by atoms with van der Waals surface area (Å²) < 4.78 is 15.7. The minimum atomic E-state index is -0.804. The van der Waals surface area contributed by atoms with E-state index in [0.717, 1.165) is 5.56 Å². The van der Waals surface area contributed by atoms with Crippen LogP contribution < -0.4 is 21.7 Å². The molecule has 1 aliphatic heterocycles. The molecule has 0 aromatic carbocycles. The van der Waals surface area contributed by atoms with E-state index in [1.54, 1.807) is 23.6 Å². The molecule has 0 bridgehead atoms. The summed E-state index contributed by atoms with van der Waals surface area (Å²) in [6.07, 6.45) is 7.57. The van der Waals surface area contributed by atoms with Gasteiger partial charge in [-0.05, 0) is 24.5 Å². The fraction of sp³-hybridized carbons (Fsp3) is 0.375. The molecule has 0 amide bonds. The van der Waals surface area contributed by atoms with Gasteiger partial charge in [0.1, 0.15) is 6.67 Å². The predicted molar refractivity (Wildman–Crippen MR) is 90.5 cm³/mol. The molecule has 8 nitrogen and oxygen atoms in total. The maximum atomic E-state index is 13.1. The highest BCUT2D eigenvalue weighted by Gasteiger charge is 2.45. The minimum absolute atomic E-state index is 0.224. The number of alkyl halides is 1. The first-order valence-electron chi connectivity index (χ1n) is 8.02. The topological polar surface area (TPSA) is 84.5 Å². The lowest BCUT2D eigenvalue weighted by atomic mass is 10.2. The van der Waals surface area contributed by atoms with E-state index >= 15 is 0 Å². The van der Waals surface area contributed by atoms with E-state index in [2.05, 4.69) is 15.5 Å². The Hall–Kier alpha value is -2.81. The van der Waals surface area contributed by atoms with Crippen LogP contribution in [0.15, 0.2) is 45.4 Å². The lowest BCUT2D eigenvalue weighted by molar-refractivity contribution is 0.326. The number of pyridine rings is 1. The SMILES string of the molecule is O=c1c(=O)n(C2(CF)CC2)ccn1Cc1ccc(N2N=CCN2)nc1. The van der Waals surface area contributed by atoms with E-state index in [4.69, 9.17) is 0 Å². The summed E-state index contributed by atoms with van der Waals surface area (Å²) in [5, 5.41) is 5.66. The first-order valence-corrected chi connectivity index (χ1v) is 8.02. The van der Waals surface area contributed by atoms with Crippen molar-refractivity contribution in [1.29, 1.82) is 0 Å². The van der Waals surface area contributed by atoms with E-state index in [0.29, 0.717) is 25.2 Å². The highest BCUT2D eigenvalue weighted by atomic mass is 19.1. The van der Waals surface area contributed by atoms with Crippen molar-refractivity contribution in [3.05, 3.63) is 57.0 Å². The van der Waals surface area contributed by atoms with Gasteiger partial charge < -0.3 is 9.13 Å². The van der Waals surface area contributed by atoms with E-state index in [1.165, 1.54) is 21.5 Å². The average Bonchev–Trinajstić information content (AvgIpc) is 3.23. The molecule has 2 aromatic rings. The molecule has 2 aliphatic rings. The Labute approximate surface area is 142 Å². The van der Waals surface area contributed by atoms with Gasteiger partial charge in [-0.1, -0.05) is 6.07 Å². The number of nitrogens with zero attached hydrogens (tertiary/aromatic N) is 5. The highest BCUT2D eigenvalue weighted by Crippen LogP contribution is 2.42. The van der Waals surface area contributed by atoms with E-state index in [-0.39, 0.29) is 6.54 Å². The van der Waals surface area contributed by atoms with Crippen molar-refractivity contribution in [2.45, 2.75) is 24.9 Å². The predicted octanol–water partition coefficient (Wildman–Crippen LogP) is 0.222. The van der Waals surface area contributed by atoms with Crippen molar-refractivity contribution >= 4 is 12.0 Å². The van der Waals surface area contributed by atoms with Gasteiger partial charge in [0.2, 0.25) is 0 Å². The summed E-state index contributed by atoms with van der Waals surface area (Å²) in [4.78, 5) is 28.9. The molecular formula is C16H17FN6O2. The second-order valence-electron chi connectivity index (χ2n) is 6.26. The molecule has 1 fully saturated rings. The van der Waals surface area contributed by atoms with Crippen molar-refractivity contribution in [3.63, 3.8) is 0 Å². The number of hydrogen-bond donors (Lipinski definition) is 1. The average molecular weight is 344 g/mol. The van der Waals surface area contributed by atoms with Gasteiger partial charge in [-0.3, -0.25) is 9.59 Å². The second-order valence-corrected chi connectivity index (χ2v) is 6.26. The molecule has 0 spiro atoms. The zero-order chi connectivity index (χ0) is 17.4. The number of hydrazine groups is 1. The first kappa shape index (κ1) is 15.7. The van der Waals surface area contributed by atoms with Crippen LogP contribution >= 0.6 is 0 Å². The van der Waals surface area contributed by atoms with Crippen molar-refractivity contribution < 1.29 is 4.39 Å². The molecule has 130 valence electrons. The Bertz CT molecular complexity index is 929. The van der Waals surface area contributed by atoms with Gasteiger partial charge in [0, 0.05) is 24.8 Å². The summed E-state index contributed by atoms with van der Waals surface area (Å²) in [5.41, 5.74) is 1.64. The second kappa shape index (κ2) is 5.92. The number of hydrogen-bond acceptors (Lipinski definition) is 6. The normalized spacial score (nSPS) is 17.9. The maximum absolute atomic E-state index is 13.1. The van der Waals surface area contributed by atoms with E-state index in [1.807, 2.05) is 6.07 Å². The molecule has 25 heavy (non-hydrogen) atoms. The molecule has 0 radical (unpaired) electrons. The van der Waals surface area contributed by atoms with Gasteiger partial charge in [-0.25, -0.2) is 14.8 Å². The van der Waals surface area contributed by atoms with Crippen molar-refractivity contribution in [2.24, 2.45) is 5.10 Å². The Morgan fingerprint density at radius 2 is 2.04 bits per heavy atom. The molecule has 2 aromatic heterocycles. The Morgan fingerprint density at radius 1 is 1.20 bits per heavy atom. The van der Waals surface area contributed by atoms with E-state index < -0.39 is 23.3 Å². The molecular weight excluding hydrogens is 327 g/mol. The van der Waals surface area contributed by atoms with E-state index in [9.17, 15) is 14.0 Å². The van der Waals surface area contributed by atoms with Crippen molar-refractivity contribution in [1.82, 2.24) is 19.5 Å². The van der Waals surface area contributed by atoms with Crippen LogP contribution in [0.1, 0.15) is 18.4 Å². The molecule has 1 N–H and O–H groups in total. The molecule has 0 unspecified atom stereocenters. The van der Waals surface area contributed by atoms with Gasteiger partial charge in [0.25, 0.3) is 0 Å². The van der Waals surface area contributed by atoms with Crippen LogP contribution in [0.25, 0.3) is 0 Å². The van der Waals surface area contributed by atoms with Crippen LogP contribution in [0.4, 0.5) is 10.2 Å². The lowest BCUT2D eigenvalue weighted by Crippen LogP contribution is -2.45. The molecule has 3 heterocycles. The largest absolute Gasteiger partial charge is 0.317 e. The molecule has 1 aliphatic carbocycles. The number of aromatic nitrogens is 3. The summed E-state index contributed by atoms with van der Waals surface area (Å²) in [5.74, 6) is 0.638. The quantitative estimate of drug-likeness (QED) is 0.785. The number of anilines is 1. The fourth-order valence-corrected chi connectivity index (χ4v) is 2.85. The first-order chi connectivity index (χ1) is 12.1. The Kier molecular flexibility index (Phi) is 3.72. The summed E-state index contributed by atoms with van der Waals surface area (Å²) in [6, 6.07) is 3.60. The standard InChI is InChI=1S/C16H17FN6O2/c17-11-16(3-4-16)22-8-7-21(14(24)15(22)25)10-12-1-2-13(18-9-12)23-19-5-6-20-23/h1-2,5,7-9,20H,3-4,6,10-11H2. The Morgan fingerprint density at radius 3 is 2.64 bits per heavy atom. The monoisotopic (exact) mass is 344 g/mol. The molecule has 9 heteroatoms. The third kappa shape index (κ3) is 2.76. The van der Waals surface area contributed by atoms with Crippen LogP contribution in [0.5, 0.6) is 0 Å². The van der Waals surface area contributed by atoms with Gasteiger partial charge in [0.15, 0.2) is 5.82 Å². The number of hydrazone groups is 1. The van der Waals surface area contributed by atoms with Crippen molar-refractivity contribution in [3.8, 4) is 0 Å². The number of rotatable bonds is 5. The highest BCUT2D eigenvalue weighted by molar-refractivity contribution is 5.64. The summed E-state index contributed by atoms with van der Waals surface area (Å²) in [6.45, 7) is 0.242. The smallest absolute Gasteiger partial charge is 0.305 e. The van der Waals surface area contributed by atoms with Crippen molar-refractivity contribution in [2.75, 3.05) is 18.3 Å². The number of nitrogens with one attached hydrogen (secondary N) is 1. The fourth-order valence-electron chi connectivity index (χ4n) is 2.85. The van der Waals surface area contributed by atoms with Crippen LogP contribution in [0, 0.1) is 0 Å². The van der Waals surface area contributed by atoms with Crippen LogP contribution in [-0.2, 0) is 12.1 Å². The third-order valence-corrected chi connectivity index (χ3v) is 4.55. The van der Waals surface area contributed by atoms with Crippen LogP contribution in [-0.4, -0.2) is 33.6 Å². The lowest BCUT2D eigenvalue weighted by Gasteiger charge is -2.16. The maximum Gasteiger partial charge on any atom is 0.317 e. The van der Waals surface area contributed by atoms with Crippen LogP contribution in [0.2, 0.25) is 0 Å². The Balaban J connectivity index is 1.57. The number of halogens is 1. The van der Waals surface area contributed by atoms with Gasteiger partial charge in [-0.15, -0.1) is 0 Å². The van der Waals surface area contributed by atoms with Crippen LogP contribution in [0.3, 0.4) is 0 Å². The molecule has 4 rings (SSSR count). The van der Waals surface area contributed by atoms with Gasteiger partial charge >= 0.3 is 11.1 Å². The van der Waals surface area contributed by atoms with Gasteiger partial charge in [0.05, 0.1) is 18.6 Å². The minimum Gasteiger partial charge on any atom is -0.305 e. The zero-order valence-corrected chi connectivity index (χ0v) is 13.4. The van der Waals surface area contributed by atoms with Gasteiger partial charge in [-0.2, -0.15) is 10.2 Å². The third-order valence-electron chi connectivity index (χ3n) is 4.55. The molecule has 1 saturated carbocycles.